The lowest BCUT2D eigenvalue weighted by Gasteiger charge is -2.24. The van der Waals surface area contributed by atoms with E-state index < -0.39 is 22.5 Å². The van der Waals surface area contributed by atoms with E-state index in [1.807, 2.05) is 0 Å². The van der Waals surface area contributed by atoms with Crippen LogP contribution in [-0.4, -0.2) is 34.3 Å². The van der Waals surface area contributed by atoms with Crippen LogP contribution in [0.5, 0.6) is 11.5 Å². The van der Waals surface area contributed by atoms with Crippen LogP contribution in [0.1, 0.15) is 36.6 Å². The number of methoxy groups -OCH3 is 1. The third-order valence-corrected chi connectivity index (χ3v) is 6.75. The summed E-state index contributed by atoms with van der Waals surface area (Å²) in [4.78, 5) is 42.6. The molecule has 0 saturated carbocycles. The number of aromatic hydroxyl groups is 1. The van der Waals surface area contributed by atoms with Crippen molar-refractivity contribution in [2.75, 3.05) is 13.7 Å². The molecule has 11 heteroatoms. The maximum atomic E-state index is 13.6. The number of phenols is 1. The van der Waals surface area contributed by atoms with E-state index in [-0.39, 0.29) is 29.4 Å². The smallest absolute Gasteiger partial charge is 0.338 e. The number of aryl methyl sites for hydroxylation is 1. The number of hydrogen-bond acceptors (Lipinski definition) is 9. The monoisotopic (exact) mass is 509 g/mol. The zero-order chi connectivity index (χ0) is 26.1. The quantitative estimate of drug-likeness (QED) is 0.307. The molecule has 4 rings (SSSR count). The van der Waals surface area contributed by atoms with Crippen LogP contribution in [0.3, 0.4) is 0 Å². The predicted octanol–water partition coefficient (Wildman–Crippen LogP) is 2.73. The lowest BCUT2D eigenvalue weighted by Crippen LogP contribution is -2.40. The predicted molar refractivity (Wildman–Crippen MR) is 133 cm³/mol. The molecule has 1 aromatic heterocycles. The van der Waals surface area contributed by atoms with Crippen molar-refractivity contribution < 1.29 is 24.3 Å². The number of nitro benzene ring substituents is 1. The minimum absolute atomic E-state index is 0.0354. The van der Waals surface area contributed by atoms with E-state index in [9.17, 15) is 24.8 Å². The van der Waals surface area contributed by atoms with Crippen molar-refractivity contribution >= 4 is 29.1 Å². The molecule has 36 heavy (non-hydrogen) atoms. The van der Waals surface area contributed by atoms with Gasteiger partial charge in [0.1, 0.15) is 0 Å². The second-order valence-electron chi connectivity index (χ2n) is 8.04. The van der Waals surface area contributed by atoms with E-state index in [4.69, 9.17) is 9.47 Å². The number of thiazole rings is 1. The molecule has 0 unspecified atom stereocenters. The summed E-state index contributed by atoms with van der Waals surface area (Å²) in [5.41, 5.74) is 1.41. The molecule has 1 N–H and O–H groups in total. The number of allylic oxidation sites excluding steroid dienone is 1. The number of rotatable bonds is 6. The minimum atomic E-state index is -0.962. The summed E-state index contributed by atoms with van der Waals surface area (Å²) in [6, 6.07) is 8.34. The van der Waals surface area contributed by atoms with Gasteiger partial charge in [-0.05, 0) is 50.1 Å². The van der Waals surface area contributed by atoms with Crippen LogP contribution in [0.15, 0.2) is 57.5 Å². The van der Waals surface area contributed by atoms with Gasteiger partial charge in [0, 0.05) is 11.6 Å². The number of aromatic nitrogens is 1. The van der Waals surface area contributed by atoms with Gasteiger partial charge in [0.25, 0.3) is 11.2 Å². The molecule has 3 aromatic rings. The van der Waals surface area contributed by atoms with Gasteiger partial charge in [-0.15, -0.1) is 0 Å². The molecule has 1 atom stereocenters. The van der Waals surface area contributed by atoms with Crippen molar-refractivity contribution in [3.05, 3.63) is 94.2 Å². The first kappa shape index (κ1) is 24.9. The van der Waals surface area contributed by atoms with E-state index in [0.29, 0.717) is 31.7 Å². The van der Waals surface area contributed by atoms with Crippen molar-refractivity contribution in [3.8, 4) is 11.5 Å². The van der Waals surface area contributed by atoms with Gasteiger partial charge in [0.15, 0.2) is 16.3 Å². The van der Waals surface area contributed by atoms with Gasteiger partial charge < -0.3 is 14.6 Å². The largest absolute Gasteiger partial charge is 0.504 e. The van der Waals surface area contributed by atoms with Gasteiger partial charge in [-0.2, -0.15) is 0 Å². The van der Waals surface area contributed by atoms with Gasteiger partial charge in [-0.3, -0.25) is 19.5 Å². The Hall–Kier alpha value is -4.25. The first-order chi connectivity index (χ1) is 17.2. The first-order valence-electron chi connectivity index (χ1n) is 11.0. The van der Waals surface area contributed by atoms with Crippen molar-refractivity contribution in [1.82, 2.24) is 4.57 Å². The molecular weight excluding hydrogens is 486 g/mol. The molecule has 2 aromatic carbocycles. The van der Waals surface area contributed by atoms with Gasteiger partial charge >= 0.3 is 5.97 Å². The van der Waals surface area contributed by atoms with Crippen molar-refractivity contribution in [1.29, 1.82) is 0 Å². The summed E-state index contributed by atoms with van der Waals surface area (Å²) >= 11 is 1.12. The Morgan fingerprint density at radius 2 is 2.03 bits per heavy atom. The second-order valence-corrected chi connectivity index (χ2v) is 9.05. The van der Waals surface area contributed by atoms with Crippen LogP contribution in [0, 0.1) is 17.0 Å². The fraction of sp³-hybridized carbons (Fsp3) is 0.240. The minimum Gasteiger partial charge on any atom is -0.504 e. The van der Waals surface area contributed by atoms with Crippen LogP contribution in [0.25, 0.3) is 6.08 Å². The van der Waals surface area contributed by atoms with Crippen molar-refractivity contribution in [2.24, 2.45) is 4.99 Å². The standard InChI is InChI=1S/C25H23N3O7S/c1-5-35-24(31)21-14(3)26-25-27(22(21)16-8-6-13(2)17(12-16)28(32)33)23(30)20(36-25)11-15-7-9-18(29)19(10-15)34-4/h6-12,22,29H,5H2,1-4H3/b20-11+/t22-/m0/s1. The van der Waals surface area contributed by atoms with Crippen LogP contribution in [-0.2, 0) is 9.53 Å². The van der Waals surface area contributed by atoms with Gasteiger partial charge in [-0.25, -0.2) is 9.79 Å². The fourth-order valence-electron chi connectivity index (χ4n) is 4.04. The topological polar surface area (TPSA) is 133 Å². The summed E-state index contributed by atoms with van der Waals surface area (Å²) in [5, 5.41) is 21.5. The summed E-state index contributed by atoms with van der Waals surface area (Å²) in [6.07, 6.45) is 1.63. The van der Waals surface area contributed by atoms with E-state index in [1.165, 1.54) is 23.8 Å². The molecule has 1 aliphatic heterocycles. The molecule has 0 saturated heterocycles. The van der Waals surface area contributed by atoms with Crippen molar-refractivity contribution in [3.63, 3.8) is 0 Å². The highest BCUT2D eigenvalue weighted by molar-refractivity contribution is 7.07. The van der Waals surface area contributed by atoms with Gasteiger partial charge in [0.05, 0.1) is 40.5 Å². The number of esters is 1. The van der Waals surface area contributed by atoms with Crippen molar-refractivity contribution in [2.45, 2.75) is 26.8 Å². The molecule has 0 radical (unpaired) electrons. The SMILES string of the molecule is CCOC(=O)C1=C(C)N=c2s/c(=C/c3ccc(O)c(OC)c3)c(=O)n2[C@H]1c1ccc(C)c([N+](=O)[O-])c1. The third kappa shape index (κ3) is 4.40. The van der Waals surface area contributed by atoms with Crippen LogP contribution in [0.4, 0.5) is 5.69 Å². The normalized spacial score (nSPS) is 15.3. The highest BCUT2D eigenvalue weighted by Crippen LogP contribution is 2.33. The van der Waals surface area contributed by atoms with E-state index >= 15 is 0 Å². The summed E-state index contributed by atoms with van der Waals surface area (Å²) in [5.74, 6) is -0.432. The number of nitrogens with zero attached hydrogens (tertiary/aromatic N) is 3. The molecule has 186 valence electrons. The Bertz CT molecular complexity index is 1600. The average Bonchev–Trinajstić information content (AvgIpc) is 3.14. The Labute approximate surface area is 209 Å². The number of benzene rings is 2. The molecule has 1 aliphatic rings. The summed E-state index contributed by atoms with van der Waals surface area (Å²) in [6.45, 7) is 5.04. The molecule has 10 nitrogen and oxygen atoms in total. The summed E-state index contributed by atoms with van der Waals surface area (Å²) in [7, 11) is 1.42. The molecule has 0 fully saturated rings. The molecule has 0 bridgehead atoms. The van der Waals surface area contributed by atoms with E-state index in [0.717, 1.165) is 11.3 Å². The first-order valence-corrected chi connectivity index (χ1v) is 11.8. The molecule has 0 aliphatic carbocycles. The van der Waals surface area contributed by atoms with Crippen LogP contribution in [0.2, 0.25) is 0 Å². The highest BCUT2D eigenvalue weighted by atomic mass is 32.1. The molecule has 0 amide bonds. The molecular formula is C25H23N3O7S. The Morgan fingerprint density at radius 3 is 2.69 bits per heavy atom. The Kier molecular flexibility index (Phi) is 6.75. The van der Waals surface area contributed by atoms with Crippen LogP contribution < -0.4 is 19.6 Å². The number of nitro groups is 1. The number of carbonyl (C=O) groups excluding carboxylic acids is 1. The van der Waals surface area contributed by atoms with Gasteiger partial charge in [0.2, 0.25) is 0 Å². The van der Waals surface area contributed by atoms with E-state index in [1.54, 1.807) is 51.1 Å². The third-order valence-electron chi connectivity index (χ3n) is 5.76. The number of carbonyl (C=O) groups is 1. The number of phenolic OH excluding ortho intramolecular Hbond substituents is 1. The molecule has 2 heterocycles. The Morgan fingerprint density at radius 1 is 1.28 bits per heavy atom. The zero-order valence-corrected chi connectivity index (χ0v) is 20.8. The Balaban J connectivity index is 1.98. The summed E-state index contributed by atoms with van der Waals surface area (Å²) < 4.78 is 12.1. The zero-order valence-electron chi connectivity index (χ0n) is 20.0. The maximum Gasteiger partial charge on any atom is 0.338 e. The highest BCUT2D eigenvalue weighted by Gasteiger charge is 2.34. The lowest BCUT2D eigenvalue weighted by molar-refractivity contribution is -0.385. The number of ether oxygens (including phenoxy) is 2. The van der Waals surface area contributed by atoms with E-state index in [2.05, 4.69) is 4.99 Å². The van der Waals surface area contributed by atoms with Crippen LogP contribution >= 0.6 is 11.3 Å². The fourth-order valence-corrected chi connectivity index (χ4v) is 5.08. The average molecular weight is 510 g/mol. The molecule has 0 spiro atoms. The lowest BCUT2D eigenvalue weighted by atomic mass is 9.94. The maximum absolute atomic E-state index is 13.6. The number of fused-ring (bicyclic) bond motifs is 1. The number of hydrogen-bond donors (Lipinski definition) is 1. The van der Waals surface area contributed by atoms with Gasteiger partial charge in [-0.1, -0.05) is 29.5 Å². The second kappa shape index (κ2) is 9.78.